The van der Waals surface area contributed by atoms with Gasteiger partial charge < -0.3 is 10.4 Å². The number of carboxylic acids is 1. The molecule has 0 aliphatic heterocycles. The van der Waals surface area contributed by atoms with Crippen molar-refractivity contribution in [2.24, 2.45) is 29.6 Å². The first-order valence-electron chi connectivity index (χ1n) is 8.43. The largest absolute Gasteiger partial charge is 0.481 e. The van der Waals surface area contributed by atoms with Crippen LogP contribution in [0.1, 0.15) is 59.3 Å². The topological polar surface area (TPSA) is 66.4 Å². The van der Waals surface area contributed by atoms with Crippen molar-refractivity contribution >= 4 is 11.9 Å². The van der Waals surface area contributed by atoms with Crippen LogP contribution in [0.5, 0.6) is 0 Å². The standard InChI is InChI=1S/C17H29NO3/c1-4-12-8-14(15(9-12)17(20)21)16(19)18-13-6-10(2)5-11(3)7-13/h10-15H,4-9H2,1-3H3,(H,18,19)(H,20,21)/t10?,11?,12?,13?,14-,15+/m0/s1. The molecule has 2 saturated carbocycles. The first kappa shape index (κ1) is 16.3. The Morgan fingerprint density at radius 3 is 2.10 bits per heavy atom. The molecule has 0 aromatic carbocycles. The molecule has 0 spiro atoms. The lowest BCUT2D eigenvalue weighted by atomic mass is 9.80. The predicted octanol–water partition coefficient (Wildman–Crippen LogP) is 3.06. The van der Waals surface area contributed by atoms with Crippen molar-refractivity contribution in [2.45, 2.75) is 65.3 Å². The van der Waals surface area contributed by atoms with Crippen molar-refractivity contribution in [1.82, 2.24) is 5.32 Å². The maximum absolute atomic E-state index is 12.5. The second-order valence-electron chi connectivity index (χ2n) is 7.42. The first-order valence-corrected chi connectivity index (χ1v) is 8.43. The third-order valence-corrected chi connectivity index (χ3v) is 5.42. The van der Waals surface area contributed by atoms with Gasteiger partial charge >= 0.3 is 5.97 Å². The van der Waals surface area contributed by atoms with Crippen LogP contribution >= 0.6 is 0 Å². The summed E-state index contributed by atoms with van der Waals surface area (Å²) in [4.78, 5) is 23.9. The molecule has 0 aromatic heterocycles. The Balaban J connectivity index is 1.96. The lowest BCUT2D eigenvalue weighted by Crippen LogP contribution is -2.44. The molecule has 0 heterocycles. The number of aliphatic carboxylic acids is 1. The van der Waals surface area contributed by atoms with Gasteiger partial charge in [-0.1, -0.05) is 27.2 Å². The highest BCUT2D eigenvalue weighted by Crippen LogP contribution is 2.39. The van der Waals surface area contributed by atoms with Gasteiger partial charge in [0.15, 0.2) is 0 Å². The number of carboxylic acid groups (broad SMARTS) is 1. The second-order valence-corrected chi connectivity index (χ2v) is 7.42. The number of amides is 1. The Labute approximate surface area is 127 Å². The molecule has 2 rings (SSSR count). The Morgan fingerprint density at radius 2 is 1.57 bits per heavy atom. The molecule has 5 atom stereocenters. The van der Waals surface area contributed by atoms with Crippen LogP contribution in [-0.2, 0) is 9.59 Å². The molecule has 0 radical (unpaired) electrons. The molecule has 21 heavy (non-hydrogen) atoms. The molecular formula is C17H29NO3. The van der Waals surface area contributed by atoms with Crippen LogP contribution in [0.25, 0.3) is 0 Å². The van der Waals surface area contributed by atoms with Gasteiger partial charge in [0.25, 0.3) is 0 Å². The smallest absolute Gasteiger partial charge is 0.307 e. The van der Waals surface area contributed by atoms with Gasteiger partial charge in [-0.2, -0.15) is 0 Å². The molecule has 120 valence electrons. The molecule has 1 amide bonds. The average Bonchev–Trinajstić information content (AvgIpc) is 2.81. The second kappa shape index (κ2) is 6.80. The fourth-order valence-corrected chi connectivity index (χ4v) is 4.41. The lowest BCUT2D eigenvalue weighted by Gasteiger charge is -2.33. The van der Waals surface area contributed by atoms with Crippen molar-refractivity contribution < 1.29 is 14.7 Å². The summed E-state index contributed by atoms with van der Waals surface area (Å²) in [7, 11) is 0. The number of carbonyl (C=O) groups excluding carboxylic acids is 1. The van der Waals surface area contributed by atoms with Crippen LogP contribution < -0.4 is 5.32 Å². The summed E-state index contributed by atoms with van der Waals surface area (Å²) in [6.07, 6.45) is 5.63. The van der Waals surface area contributed by atoms with E-state index in [9.17, 15) is 14.7 Å². The van der Waals surface area contributed by atoms with Gasteiger partial charge in [0, 0.05) is 6.04 Å². The maximum atomic E-state index is 12.5. The Bertz CT molecular complexity index is 385. The van der Waals surface area contributed by atoms with Crippen LogP contribution in [0.15, 0.2) is 0 Å². The van der Waals surface area contributed by atoms with E-state index in [1.165, 1.54) is 6.42 Å². The van der Waals surface area contributed by atoms with Crippen molar-refractivity contribution in [3.63, 3.8) is 0 Å². The normalized spacial score (nSPS) is 40.0. The van der Waals surface area contributed by atoms with E-state index in [0.29, 0.717) is 24.2 Å². The quantitative estimate of drug-likeness (QED) is 0.837. The molecule has 0 aromatic rings. The average molecular weight is 295 g/mol. The van der Waals surface area contributed by atoms with Gasteiger partial charge in [0.2, 0.25) is 5.91 Å². The van der Waals surface area contributed by atoms with Crippen molar-refractivity contribution in [3.05, 3.63) is 0 Å². The van der Waals surface area contributed by atoms with Crippen LogP contribution in [0.2, 0.25) is 0 Å². The number of rotatable bonds is 4. The van der Waals surface area contributed by atoms with E-state index >= 15 is 0 Å². The van der Waals surface area contributed by atoms with E-state index in [2.05, 4.69) is 26.1 Å². The molecule has 0 bridgehead atoms. The minimum atomic E-state index is -0.809. The van der Waals surface area contributed by atoms with Gasteiger partial charge in [0.05, 0.1) is 11.8 Å². The Hall–Kier alpha value is -1.06. The monoisotopic (exact) mass is 295 g/mol. The SMILES string of the molecule is CCC1C[C@H](C(=O)NC2CC(C)CC(C)C2)[C@H](C(=O)O)C1. The van der Waals surface area contributed by atoms with Gasteiger partial charge in [-0.15, -0.1) is 0 Å². The van der Waals surface area contributed by atoms with Crippen LogP contribution in [0.3, 0.4) is 0 Å². The molecular weight excluding hydrogens is 266 g/mol. The summed E-state index contributed by atoms with van der Waals surface area (Å²) >= 11 is 0. The van der Waals surface area contributed by atoms with E-state index in [1.54, 1.807) is 0 Å². The molecule has 3 unspecified atom stereocenters. The van der Waals surface area contributed by atoms with E-state index in [-0.39, 0.29) is 17.9 Å². The number of hydrogen-bond acceptors (Lipinski definition) is 2. The fraction of sp³-hybridized carbons (Fsp3) is 0.882. The Morgan fingerprint density at radius 1 is 1.00 bits per heavy atom. The molecule has 2 N–H and O–H groups in total. The summed E-state index contributed by atoms with van der Waals surface area (Å²) in [6, 6.07) is 0.228. The molecule has 2 aliphatic rings. The number of hydrogen-bond donors (Lipinski definition) is 2. The summed E-state index contributed by atoms with van der Waals surface area (Å²) in [5, 5.41) is 12.5. The molecule has 0 saturated heterocycles. The van der Waals surface area contributed by atoms with Crippen molar-refractivity contribution in [3.8, 4) is 0 Å². The Kier molecular flexibility index (Phi) is 5.28. The summed E-state index contributed by atoms with van der Waals surface area (Å²) in [6.45, 7) is 6.55. The van der Waals surface area contributed by atoms with E-state index < -0.39 is 11.9 Å². The van der Waals surface area contributed by atoms with Gasteiger partial charge in [-0.05, 0) is 49.9 Å². The zero-order valence-electron chi connectivity index (χ0n) is 13.5. The molecule has 2 fully saturated rings. The highest BCUT2D eigenvalue weighted by molar-refractivity contribution is 5.85. The van der Waals surface area contributed by atoms with Gasteiger partial charge in [0.1, 0.15) is 0 Å². The number of nitrogens with one attached hydrogen (secondary N) is 1. The van der Waals surface area contributed by atoms with E-state index in [4.69, 9.17) is 0 Å². The van der Waals surface area contributed by atoms with E-state index in [1.807, 2.05) is 0 Å². The summed E-state index contributed by atoms with van der Waals surface area (Å²) < 4.78 is 0. The highest BCUT2D eigenvalue weighted by Gasteiger charge is 2.42. The lowest BCUT2D eigenvalue weighted by molar-refractivity contribution is -0.146. The zero-order valence-corrected chi connectivity index (χ0v) is 13.5. The highest BCUT2D eigenvalue weighted by atomic mass is 16.4. The van der Waals surface area contributed by atoms with Gasteiger partial charge in [-0.3, -0.25) is 9.59 Å². The minimum absolute atomic E-state index is 0.0235. The maximum Gasteiger partial charge on any atom is 0.307 e. The fourth-order valence-electron chi connectivity index (χ4n) is 4.41. The summed E-state index contributed by atoms with van der Waals surface area (Å²) in [5.41, 5.74) is 0. The van der Waals surface area contributed by atoms with Crippen LogP contribution in [0, 0.1) is 29.6 Å². The minimum Gasteiger partial charge on any atom is -0.481 e. The predicted molar refractivity (Wildman–Crippen MR) is 81.7 cm³/mol. The first-order chi connectivity index (χ1) is 9.90. The van der Waals surface area contributed by atoms with Crippen molar-refractivity contribution in [1.29, 1.82) is 0 Å². The third-order valence-electron chi connectivity index (χ3n) is 5.42. The zero-order chi connectivity index (χ0) is 15.6. The van der Waals surface area contributed by atoms with Crippen LogP contribution in [-0.4, -0.2) is 23.0 Å². The van der Waals surface area contributed by atoms with Gasteiger partial charge in [-0.25, -0.2) is 0 Å². The molecule has 4 heteroatoms. The third kappa shape index (κ3) is 3.98. The van der Waals surface area contributed by atoms with Crippen LogP contribution in [0.4, 0.5) is 0 Å². The van der Waals surface area contributed by atoms with E-state index in [0.717, 1.165) is 25.7 Å². The summed E-state index contributed by atoms with van der Waals surface area (Å²) in [5.74, 6) is 0.00291. The molecule has 4 nitrogen and oxygen atoms in total. The van der Waals surface area contributed by atoms with Crippen molar-refractivity contribution in [2.75, 3.05) is 0 Å². The number of carbonyl (C=O) groups is 2. The molecule has 2 aliphatic carbocycles.